The summed E-state index contributed by atoms with van der Waals surface area (Å²) in [7, 11) is 1.95. The second-order valence-corrected chi connectivity index (χ2v) is 4.05. The van der Waals surface area contributed by atoms with Gasteiger partial charge in [0.05, 0.1) is 0 Å². The molecule has 1 aromatic rings. The topological polar surface area (TPSA) is 24.9 Å². The Morgan fingerprint density at radius 1 is 1.58 bits per heavy atom. The van der Waals surface area contributed by atoms with Crippen molar-refractivity contribution in [3.63, 3.8) is 0 Å². The summed E-state index contributed by atoms with van der Waals surface area (Å²) in [5.41, 5.74) is 0. The van der Waals surface area contributed by atoms with E-state index in [2.05, 4.69) is 17.2 Å². The molecule has 68 valence electrons. The molecular formula is C9H16N2S. The summed E-state index contributed by atoms with van der Waals surface area (Å²) in [4.78, 5) is 5.73. The van der Waals surface area contributed by atoms with Gasteiger partial charge >= 0.3 is 0 Å². The molecule has 0 bridgehead atoms. The van der Waals surface area contributed by atoms with E-state index in [0.29, 0.717) is 0 Å². The van der Waals surface area contributed by atoms with E-state index in [0.717, 1.165) is 6.54 Å². The minimum absolute atomic E-state index is 0.900. The molecule has 0 atom stereocenters. The monoisotopic (exact) mass is 184 g/mol. The molecule has 12 heavy (non-hydrogen) atoms. The SMILES string of the molecule is CCCCc1cnc(CNC)s1. The average molecular weight is 184 g/mol. The average Bonchev–Trinajstić information content (AvgIpc) is 2.50. The van der Waals surface area contributed by atoms with Crippen LogP contribution < -0.4 is 5.32 Å². The summed E-state index contributed by atoms with van der Waals surface area (Å²) >= 11 is 1.82. The van der Waals surface area contributed by atoms with Gasteiger partial charge < -0.3 is 5.32 Å². The summed E-state index contributed by atoms with van der Waals surface area (Å²) in [6, 6.07) is 0. The van der Waals surface area contributed by atoms with Gasteiger partial charge in [-0.2, -0.15) is 0 Å². The van der Waals surface area contributed by atoms with E-state index >= 15 is 0 Å². The molecule has 0 saturated carbocycles. The number of unbranched alkanes of at least 4 members (excludes halogenated alkanes) is 1. The first-order valence-electron chi connectivity index (χ1n) is 4.45. The van der Waals surface area contributed by atoms with Gasteiger partial charge in [0.2, 0.25) is 0 Å². The minimum Gasteiger partial charge on any atom is -0.314 e. The molecule has 1 aromatic heterocycles. The van der Waals surface area contributed by atoms with E-state index < -0.39 is 0 Å². The van der Waals surface area contributed by atoms with Crippen LogP contribution in [0.25, 0.3) is 0 Å². The molecule has 1 heterocycles. The van der Waals surface area contributed by atoms with Crippen LogP contribution in [-0.2, 0) is 13.0 Å². The van der Waals surface area contributed by atoms with Crippen LogP contribution in [0.3, 0.4) is 0 Å². The lowest BCUT2D eigenvalue weighted by atomic mass is 10.2. The lowest BCUT2D eigenvalue weighted by Gasteiger charge is -1.92. The fourth-order valence-electron chi connectivity index (χ4n) is 1.05. The van der Waals surface area contributed by atoms with Gasteiger partial charge in [-0.3, -0.25) is 0 Å². The van der Waals surface area contributed by atoms with Gasteiger partial charge in [0.15, 0.2) is 0 Å². The van der Waals surface area contributed by atoms with E-state index in [1.54, 1.807) is 0 Å². The molecule has 0 radical (unpaired) electrons. The summed E-state index contributed by atoms with van der Waals surface area (Å²) in [6.45, 7) is 3.12. The molecule has 0 spiro atoms. The number of aromatic nitrogens is 1. The Hall–Kier alpha value is -0.410. The number of rotatable bonds is 5. The summed E-state index contributed by atoms with van der Waals surface area (Å²) in [5, 5.41) is 4.30. The molecule has 1 N–H and O–H groups in total. The van der Waals surface area contributed by atoms with Gasteiger partial charge in [0.1, 0.15) is 5.01 Å². The molecule has 0 aliphatic heterocycles. The van der Waals surface area contributed by atoms with Crippen molar-refractivity contribution in [2.45, 2.75) is 32.7 Å². The van der Waals surface area contributed by atoms with E-state index in [-0.39, 0.29) is 0 Å². The van der Waals surface area contributed by atoms with Crippen LogP contribution in [0.15, 0.2) is 6.20 Å². The number of nitrogens with one attached hydrogen (secondary N) is 1. The first-order chi connectivity index (χ1) is 5.86. The Balaban J connectivity index is 2.41. The Labute approximate surface area is 78.0 Å². The third kappa shape index (κ3) is 2.91. The van der Waals surface area contributed by atoms with E-state index in [1.165, 1.54) is 29.1 Å². The zero-order chi connectivity index (χ0) is 8.81. The normalized spacial score (nSPS) is 10.5. The first kappa shape index (κ1) is 9.68. The second kappa shape index (κ2) is 5.27. The summed E-state index contributed by atoms with van der Waals surface area (Å²) in [6.07, 6.45) is 5.74. The van der Waals surface area contributed by atoms with Crippen LogP contribution in [0.4, 0.5) is 0 Å². The van der Waals surface area contributed by atoms with Crippen LogP contribution in [0.5, 0.6) is 0 Å². The van der Waals surface area contributed by atoms with Crippen molar-refractivity contribution in [3.05, 3.63) is 16.1 Å². The highest BCUT2D eigenvalue weighted by molar-refractivity contribution is 7.11. The first-order valence-corrected chi connectivity index (χ1v) is 5.26. The highest BCUT2D eigenvalue weighted by Crippen LogP contribution is 2.14. The highest BCUT2D eigenvalue weighted by atomic mass is 32.1. The molecule has 0 fully saturated rings. The van der Waals surface area contributed by atoms with Crippen molar-refractivity contribution in [1.29, 1.82) is 0 Å². The Bertz CT molecular complexity index is 220. The highest BCUT2D eigenvalue weighted by Gasteiger charge is 1.99. The van der Waals surface area contributed by atoms with E-state index in [1.807, 2.05) is 24.6 Å². The molecule has 1 rings (SSSR count). The molecule has 0 amide bonds. The maximum Gasteiger partial charge on any atom is 0.107 e. The summed E-state index contributed by atoms with van der Waals surface area (Å²) in [5.74, 6) is 0. The zero-order valence-corrected chi connectivity index (χ0v) is 8.58. The molecule has 0 aromatic carbocycles. The van der Waals surface area contributed by atoms with Crippen LogP contribution in [-0.4, -0.2) is 12.0 Å². The number of thiazole rings is 1. The van der Waals surface area contributed by atoms with Gasteiger partial charge in [-0.25, -0.2) is 4.98 Å². The molecule has 0 unspecified atom stereocenters. The van der Waals surface area contributed by atoms with Gasteiger partial charge in [-0.15, -0.1) is 11.3 Å². The fourth-order valence-corrected chi connectivity index (χ4v) is 2.02. The molecular weight excluding hydrogens is 168 g/mol. The van der Waals surface area contributed by atoms with Crippen molar-refractivity contribution in [1.82, 2.24) is 10.3 Å². The number of nitrogens with zero attached hydrogens (tertiary/aromatic N) is 1. The Kier molecular flexibility index (Phi) is 4.25. The van der Waals surface area contributed by atoms with Crippen LogP contribution in [0.1, 0.15) is 29.7 Å². The van der Waals surface area contributed by atoms with Crippen LogP contribution in [0, 0.1) is 0 Å². The third-order valence-corrected chi connectivity index (χ3v) is 2.76. The minimum atomic E-state index is 0.900. The van der Waals surface area contributed by atoms with E-state index in [9.17, 15) is 0 Å². The predicted molar refractivity (Wildman–Crippen MR) is 53.5 cm³/mol. The van der Waals surface area contributed by atoms with Crippen molar-refractivity contribution in [2.24, 2.45) is 0 Å². The van der Waals surface area contributed by atoms with E-state index in [4.69, 9.17) is 0 Å². The zero-order valence-electron chi connectivity index (χ0n) is 7.76. The van der Waals surface area contributed by atoms with Crippen LogP contribution >= 0.6 is 11.3 Å². The second-order valence-electron chi connectivity index (χ2n) is 2.85. The van der Waals surface area contributed by atoms with Crippen molar-refractivity contribution < 1.29 is 0 Å². The molecule has 0 aliphatic rings. The fraction of sp³-hybridized carbons (Fsp3) is 0.667. The Morgan fingerprint density at radius 2 is 2.42 bits per heavy atom. The number of hydrogen-bond acceptors (Lipinski definition) is 3. The maximum absolute atomic E-state index is 4.31. The smallest absolute Gasteiger partial charge is 0.107 e. The quantitative estimate of drug-likeness (QED) is 0.759. The summed E-state index contributed by atoms with van der Waals surface area (Å²) < 4.78 is 0. The lowest BCUT2D eigenvalue weighted by molar-refractivity contribution is 0.801. The van der Waals surface area contributed by atoms with Gasteiger partial charge in [-0.1, -0.05) is 13.3 Å². The van der Waals surface area contributed by atoms with Crippen LogP contribution in [0.2, 0.25) is 0 Å². The third-order valence-electron chi connectivity index (χ3n) is 1.71. The predicted octanol–water partition coefficient (Wildman–Crippen LogP) is 2.21. The Morgan fingerprint density at radius 3 is 3.08 bits per heavy atom. The van der Waals surface area contributed by atoms with Crippen molar-refractivity contribution in [3.8, 4) is 0 Å². The maximum atomic E-state index is 4.31. The van der Waals surface area contributed by atoms with Crippen molar-refractivity contribution in [2.75, 3.05) is 7.05 Å². The standard InChI is InChI=1S/C9H16N2S/c1-3-4-5-8-6-11-9(12-8)7-10-2/h6,10H,3-5,7H2,1-2H3. The molecule has 0 saturated heterocycles. The van der Waals surface area contributed by atoms with Gasteiger partial charge in [-0.05, 0) is 19.9 Å². The van der Waals surface area contributed by atoms with Gasteiger partial charge in [0, 0.05) is 17.6 Å². The van der Waals surface area contributed by atoms with Gasteiger partial charge in [0.25, 0.3) is 0 Å². The molecule has 0 aliphatic carbocycles. The number of aryl methyl sites for hydroxylation is 1. The molecule has 3 heteroatoms. The lowest BCUT2D eigenvalue weighted by Crippen LogP contribution is -2.03. The molecule has 2 nitrogen and oxygen atoms in total. The largest absolute Gasteiger partial charge is 0.314 e. The number of hydrogen-bond donors (Lipinski definition) is 1. The van der Waals surface area contributed by atoms with Crippen molar-refractivity contribution >= 4 is 11.3 Å².